The molecule has 0 aliphatic carbocycles. The van der Waals surface area contributed by atoms with Gasteiger partial charge in [0.15, 0.2) is 0 Å². The zero-order valence-electron chi connectivity index (χ0n) is 12.5. The van der Waals surface area contributed by atoms with E-state index in [9.17, 15) is 9.59 Å². The number of hydrogen-bond acceptors (Lipinski definition) is 3. The molecule has 1 amide bonds. The molecule has 1 N–H and O–H groups in total. The predicted octanol–water partition coefficient (Wildman–Crippen LogP) is 1.71. The van der Waals surface area contributed by atoms with Crippen LogP contribution in [0.15, 0.2) is 30.3 Å². The minimum atomic E-state index is -0.967. The molecule has 0 aromatic heterocycles. The largest absolute Gasteiger partial charge is 0.480 e. The highest BCUT2D eigenvalue weighted by atomic mass is 16.5. The van der Waals surface area contributed by atoms with E-state index in [1.807, 2.05) is 30.3 Å². The maximum Gasteiger partial charge on any atom is 0.323 e. The number of aliphatic carboxylic acids is 1. The van der Waals surface area contributed by atoms with Crippen LogP contribution in [0.2, 0.25) is 0 Å². The molecule has 1 aromatic rings. The van der Waals surface area contributed by atoms with Crippen LogP contribution in [-0.4, -0.2) is 47.2 Å². The fourth-order valence-electron chi connectivity index (χ4n) is 3.47. The molecular formula is C17H21NO4. The summed E-state index contributed by atoms with van der Waals surface area (Å²) in [5, 5.41) is 9.08. The van der Waals surface area contributed by atoms with Gasteiger partial charge >= 0.3 is 5.97 Å². The van der Waals surface area contributed by atoms with E-state index in [0.717, 1.165) is 24.8 Å². The number of hydrogen-bond donors (Lipinski definition) is 1. The molecule has 3 atom stereocenters. The summed E-state index contributed by atoms with van der Waals surface area (Å²) in [5.41, 5.74) is 1.11. The van der Waals surface area contributed by atoms with Gasteiger partial charge in [-0.15, -0.1) is 0 Å². The maximum atomic E-state index is 12.7. The lowest BCUT2D eigenvalue weighted by Crippen LogP contribution is -2.43. The Balaban J connectivity index is 1.64. The summed E-state index contributed by atoms with van der Waals surface area (Å²) in [6.45, 7) is 0.197. The van der Waals surface area contributed by atoms with Crippen LogP contribution in [0.1, 0.15) is 24.8 Å². The summed E-state index contributed by atoms with van der Waals surface area (Å²) in [6.07, 6.45) is 3.54. The van der Waals surface area contributed by atoms with Crippen molar-refractivity contribution < 1.29 is 19.4 Å². The van der Waals surface area contributed by atoms with Crippen LogP contribution < -0.4 is 0 Å². The molecule has 5 nitrogen and oxygen atoms in total. The van der Waals surface area contributed by atoms with Crippen LogP contribution in [-0.2, 0) is 20.7 Å². The first kappa shape index (κ1) is 15.0. The van der Waals surface area contributed by atoms with Gasteiger partial charge in [-0.25, -0.2) is 0 Å². The summed E-state index contributed by atoms with van der Waals surface area (Å²) in [7, 11) is 0. The molecule has 2 saturated heterocycles. The molecule has 2 bridgehead atoms. The number of nitrogens with zero attached hydrogens (tertiary/aromatic N) is 1. The van der Waals surface area contributed by atoms with E-state index < -0.39 is 5.97 Å². The number of carbonyl (C=O) groups excluding carboxylic acids is 1. The zero-order chi connectivity index (χ0) is 15.5. The Morgan fingerprint density at radius 1 is 1.23 bits per heavy atom. The number of carboxylic acids is 1. The molecule has 1 aromatic carbocycles. The summed E-state index contributed by atoms with van der Waals surface area (Å²) in [4.78, 5) is 25.2. The number of fused-ring (bicyclic) bond motifs is 2. The van der Waals surface area contributed by atoms with Crippen molar-refractivity contribution in [3.05, 3.63) is 35.9 Å². The van der Waals surface area contributed by atoms with Crippen molar-refractivity contribution in [2.75, 3.05) is 13.1 Å². The second-order valence-corrected chi connectivity index (χ2v) is 6.11. The number of rotatable bonds is 6. The van der Waals surface area contributed by atoms with Crippen molar-refractivity contribution in [2.24, 2.45) is 5.92 Å². The standard InChI is InChI=1S/C17H21NO4/c19-16(20)11-18(9-8-12-4-2-1-3-5-12)17(21)14-10-13-6-7-15(14)22-13/h1-5,13-15H,6-11H2,(H,19,20). The van der Waals surface area contributed by atoms with Crippen LogP contribution in [0.25, 0.3) is 0 Å². The number of carbonyl (C=O) groups is 2. The SMILES string of the molecule is O=C(O)CN(CCc1ccccc1)C(=O)C1CC2CCC1O2. The van der Waals surface area contributed by atoms with Gasteiger partial charge in [-0.05, 0) is 31.2 Å². The first-order valence-corrected chi connectivity index (χ1v) is 7.83. The van der Waals surface area contributed by atoms with Gasteiger partial charge in [0.05, 0.1) is 18.1 Å². The topological polar surface area (TPSA) is 66.8 Å². The summed E-state index contributed by atoms with van der Waals surface area (Å²) in [6, 6.07) is 9.81. The molecule has 2 fully saturated rings. The van der Waals surface area contributed by atoms with Crippen LogP contribution in [0, 0.1) is 5.92 Å². The number of amides is 1. The Morgan fingerprint density at radius 2 is 2.00 bits per heavy atom. The van der Waals surface area contributed by atoms with Crippen molar-refractivity contribution in [3.63, 3.8) is 0 Å². The molecule has 3 unspecified atom stereocenters. The lowest BCUT2D eigenvalue weighted by molar-refractivity contribution is -0.147. The number of ether oxygens (including phenoxy) is 1. The van der Waals surface area contributed by atoms with E-state index in [1.54, 1.807) is 0 Å². The summed E-state index contributed by atoms with van der Waals surface area (Å²) < 4.78 is 5.73. The van der Waals surface area contributed by atoms with Crippen molar-refractivity contribution in [1.82, 2.24) is 4.90 Å². The minimum Gasteiger partial charge on any atom is -0.480 e. The third-order valence-corrected chi connectivity index (χ3v) is 4.57. The highest BCUT2D eigenvalue weighted by molar-refractivity contribution is 5.84. The molecule has 2 aliphatic heterocycles. The van der Waals surface area contributed by atoms with E-state index in [1.165, 1.54) is 4.90 Å². The Bertz CT molecular complexity index is 545. The summed E-state index contributed by atoms with van der Waals surface area (Å²) >= 11 is 0. The highest BCUT2D eigenvalue weighted by Crippen LogP contribution is 2.39. The quantitative estimate of drug-likeness (QED) is 0.869. The normalized spacial score (nSPS) is 26.1. The van der Waals surface area contributed by atoms with Gasteiger partial charge in [-0.1, -0.05) is 30.3 Å². The Morgan fingerprint density at radius 3 is 2.59 bits per heavy atom. The third kappa shape index (κ3) is 3.30. The molecule has 0 radical (unpaired) electrons. The second kappa shape index (κ2) is 6.48. The Kier molecular flexibility index (Phi) is 4.43. The van der Waals surface area contributed by atoms with Crippen LogP contribution in [0.4, 0.5) is 0 Å². The number of benzene rings is 1. The maximum absolute atomic E-state index is 12.7. The molecule has 0 spiro atoms. The summed E-state index contributed by atoms with van der Waals surface area (Å²) in [5.74, 6) is -1.19. The molecule has 5 heteroatoms. The highest BCUT2D eigenvalue weighted by Gasteiger charge is 2.45. The Hall–Kier alpha value is -1.88. The van der Waals surface area contributed by atoms with E-state index >= 15 is 0 Å². The first-order valence-electron chi connectivity index (χ1n) is 7.83. The van der Waals surface area contributed by atoms with Gasteiger partial charge in [-0.3, -0.25) is 9.59 Å². The van der Waals surface area contributed by atoms with Gasteiger partial charge in [-0.2, -0.15) is 0 Å². The van der Waals surface area contributed by atoms with Crippen molar-refractivity contribution in [2.45, 2.75) is 37.9 Å². The van der Waals surface area contributed by atoms with Gasteiger partial charge in [0.25, 0.3) is 0 Å². The van der Waals surface area contributed by atoms with Crippen LogP contribution in [0.5, 0.6) is 0 Å². The van der Waals surface area contributed by atoms with Crippen LogP contribution in [0.3, 0.4) is 0 Å². The van der Waals surface area contributed by atoms with Crippen molar-refractivity contribution in [1.29, 1.82) is 0 Å². The average Bonchev–Trinajstić information content (AvgIpc) is 3.14. The monoisotopic (exact) mass is 303 g/mol. The van der Waals surface area contributed by atoms with E-state index in [0.29, 0.717) is 13.0 Å². The van der Waals surface area contributed by atoms with Gasteiger partial charge < -0.3 is 14.7 Å². The molecular weight excluding hydrogens is 282 g/mol. The molecule has 3 rings (SSSR count). The molecule has 22 heavy (non-hydrogen) atoms. The fourth-order valence-corrected chi connectivity index (χ4v) is 3.47. The molecule has 2 heterocycles. The third-order valence-electron chi connectivity index (χ3n) is 4.57. The van der Waals surface area contributed by atoms with Crippen molar-refractivity contribution in [3.8, 4) is 0 Å². The van der Waals surface area contributed by atoms with Gasteiger partial charge in [0.2, 0.25) is 5.91 Å². The number of carboxylic acid groups (broad SMARTS) is 1. The van der Waals surface area contributed by atoms with Gasteiger partial charge in [0, 0.05) is 6.54 Å². The molecule has 2 aliphatic rings. The fraction of sp³-hybridized carbons (Fsp3) is 0.529. The minimum absolute atomic E-state index is 0.00878. The molecule has 0 saturated carbocycles. The zero-order valence-corrected chi connectivity index (χ0v) is 12.5. The second-order valence-electron chi connectivity index (χ2n) is 6.11. The Labute approximate surface area is 129 Å². The lowest BCUT2D eigenvalue weighted by Gasteiger charge is -2.27. The predicted molar refractivity (Wildman–Crippen MR) is 80.4 cm³/mol. The smallest absolute Gasteiger partial charge is 0.323 e. The van der Waals surface area contributed by atoms with Crippen molar-refractivity contribution >= 4 is 11.9 Å². The van der Waals surface area contributed by atoms with E-state index in [-0.39, 0.29) is 30.6 Å². The average molecular weight is 303 g/mol. The first-order chi connectivity index (χ1) is 10.6. The van der Waals surface area contributed by atoms with E-state index in [4.69, 9.17) is 9.84 Å². The van der Waals surface area contributed by atoms with Gasteiger partial charge in [0.1, 0.15) is 6.54 Å². The van der Waals surface area contributed by atoms with E-state index in [2.05, 4.69) is 0 Å². The molecule has 118 valence electrons. The lowest BCUT2D eigenvalue weighted by atomic mass is 9.88. The van der Waals surface area contributed by atoms with Crippen LogP contribution >= 0.6 is 0 Å².